The van der Waals surface area contributed by atoms with Crippen molar-refractivity contribution in [3.8, 4) is 0 Å². The van der Waals surface area contributed by atoms with Crippen molar-refractivity contribution in [2.24, 2.45) is 11.7 Å². The second-order valence-corrected chi connectivity index (χ2v) is 3.76. The van der Waals surface area contributed by atoms with Gasteiger partial charge in [0.2, 0.25) is 0 Å². The summed E-state index contributed by atoms with van der Waals surface area (Å²) in [6.07, 6.45) is 3.13. The van der Waals surface area contributed by atoms with Crippen molar-refractivity contribution in [2.75, 3.05) is 6.54 Å². The number of hydrogen-bond donors (Lipinski definition) is 1. The van der Waals surface area contributed by atoms with Gasteiger partial charge in [0.05, 0.1) is 0 Å². The van der Waals surface area contributed by atoms with Crippen LogP contribution in [0.1, 0.15) is 17.5 Å². The van der Waals surface area contributed by atoms with Crippen molar-refractivity contribution in [2.45, 2.75) is 19.3 Å². The van der Waals surface area contributed by atoms with Crippen molar-refractivity contribution < 1.29 is 4.39 Å². The molecule has 0 aromatic heterocycles. The summed E-state index contributed by atoms with van der Waals surface area (Å²) in [5.41, 5.74) is 7.98. The van der Waals surface area contributed by atoms with Gasteiger partial charge in [0.25, 0.3) is 0 Å². The van der Waals surface area contributed by atoms with Gasteiger partial charge >= 0.3 is 0 Å². The van der Waals surface area contributed by atoms with Crippen LogP contribution in [0.15, 0.2) is 18.2 Å². The highest BCUT2D eigenvalue weighted by atomic mass is 19.1. The summed E-state index contributed by atoms with van der Waals surface area (Å²) in [5.74, 6) is 0.522. The first-order chi connectivity index (χ1) is 6.29. The van der Waals surface area contributed by atoms with E-state index in [9.17, 15) is 4.39 Å². The van der Waals surface area contributed by atoms with Gasteiger partial charge in [-0.15, -0.1) is 0 Å². The quantitative estimate of drug-likeness (QED) is 0.737. The van der Waals surface area contributed by atoms with Gasteiger partial charge in [-0.1, -0.05) is 6.07 Å². The molecule has 0 saturated heterocycles. The molecule has 0 bridgehead atoms. The Morgan fingerprint density at radius 3 is 2.85 bits per heavy atom. The molecular weight excluding hydrogens is 165 g/mol. The molecule has 2 N–H and O–H groups in total. The Hall–Kier alpha value is -0.890. The molecule has 2 rings (SSSR count). The largest absolute Gasteiger partial charge is 0.330 e. The van der Waals surface area contributed by atoms with Crippen LogP contribution in [0, 0.1) is 11.7 Å². The minimum Gasteiger partial charge on any atom is -0.330 e. The molecule has 0 saturated carbocycles. The van der Waals surface area contributed by atoms with Crippen LogP contribution < -0.4 is 5.73 Å². The lowest BCUT2D eigenvalue weighted by Gasteiger charge is -2.04. The lowest BCUT2D eigenvalue weighted by Crippen LogP contribution is -2.08. The average molecular weight is 179 g/mol. The van der Waals surface area contributed by atoms with Crippen molar-refractivity contribution in [3.63, 3.8) is 0 Å². The fraction of sp³-hybridized carbons (Fsp3) is 0.455. The summed E-state index contributed by atoms with van der Waals surface area (Å²) in [5, 5.41) is 0. The second kappa shape index (κ2) is 3.46. The molecule has 0 amide bonds. The molecule has 0 heterocycles. The Bertz CT molecular complexity index is 309. The number of rotatable bonds is 2. The van der Waals surface area contributed by atoms with Crippen LogP contribution in [-0.4, -0.2) is 6.54 Å². The first kappa shape index (κ1) is 8.70. The number of fused-ring (bicyclic) bond motifs is 1. The van der Waals surface area contributed by atoms with E-state index in [0.717, 1.165) is 25.8 Å². The summed E-state index contributed by atoms with van der Waals surface area (Å²) in [6.45, 7) is 0.737. The summed E-state index contributed by atoms with van der Waals surface area (Å²) in [7, 11) is 0. The lowest BCUT2D eigenvalue weighted by atomic mass is 10.0. The third-order valence-corrected chi connectivity index (χ3v) is 2.76. The maximum atomic E-state index is 12.9. The van der Waals surface area contributed by atoms with Gasteiger partial charge in [-0.25, -0.2) is 4.39 Å². The van der Waals surface area contributed by atoms with Crippen molar-refractivity contribution >= 4 is 0 Å². The summed E-state index contributed by atoms with van der Waals surface area (Å²) in [4.78, 5) is 0. The Morgan fingerprint density at radius 1 is 1.31 bits per heavy atom. The van der Waals surface area contributed by atoms with E-state index in [2.05, 4.69) is 0 Å². The van der Waals surface area contributed by atoms with Gasteiger partial charge in [0, 0.05) is 0 Å². The SMILES string of the molecule is NCCC1Cc2ccc(F)cc2C1. The van der Waals surface area contributed by atoms with E-state index in [1.54, 1.807) is 12.1 Å². The minimum absolute atomic E-state index is 0.118. The highest BCUT2D eigenvalue weighted by Crippen LogP contribution is 2.28. The van der Waals surface area contributed by atoms with Crippen LogP contribution >= 0.6 is 0 Å². The molecular formula is C11H14FN. The molecule has 2 heteroatoms. The Morgan fingerprint density at radius 2 is 2.08 bits per heavy atom. The van der Waals surface area contributed by atoms with Crippen molar-refractivity contribution in [1.82, 2.24) is 0 Å². The summed E-state index contributed by atoms with van der Waals surface area (Å²) in [6, 6.07) is 5.11. The zero-order valence-electron chi connectivity index (χ0n) is 7.59. The standard InChI is InChI=1S/C11H14FN/c12-11-2-1-9-5-8(3-4-13)6-10(9)7-11/h1-2,7-8H,3-6,13H2. The van der Waals surface area contributed by atoms with E-state index >= 15 is 0 Å². The number of hydrogen-bond acceptors (Lipinski definition) is 1. The molecule has 1 aliphatic carbocycles. The first-order valence-corrected chi connectivity index (χ1v) is 4.77. The van der Waals surface area contributed by atoms with Gasteiger partial charge < -0.3 is 5.73 Å². The van der Waals surface area contributed by atoms with E-state index in [4.69, 9.17) is 5.73 Å². The highest BCUT2D eigenvalue weighted by molar-refractivity contribution is 5.32. The van der Waals surface area contributed by atoms with Gasteiger partial charge in [-0.05, 0) is 55.0 Å². The maximum absolute atomic E-state index is 12.9. The van der Waals surface area contributed by atoms with Crippen molar-refractivity contribution in [3.05, 3.63) is 35.1 Å². The smallest absolute Gasteiger partial charge is 0.123 e. The van der Waals surface area contributed by atoms with Crippen molar-refractivity contribution in [1.29, 1.82) is 0 Å². The maximum Gasteiger partial charge on any atom is 0.123 e. The van der Waals surface area contributed by atoms with Gasteiger partial charge in [-0.2, -0.15) is 0 Å². The van der Waals surface area contributed by atoms with Crippen LogP contribution in [0.4, 0.5) is 4.39 Å². The molecule has 0 spiro atoms. The Balaban J connectivity index is 2.16. The van der Waals surface area contributed by atoms with Crippen LogP contribution in [0.3, 0.4) is 0 Å². The fourth-order valence-electron chi connectivity index (χ4n) is 2.12. The topological polar surface area (TPSA) is 26.0 Å². The van der Waals surface area contributed by atoms with Crippen LogP contribution in [0.5, 0.6) is 0 Å². The summed E-state index contributed by atoms with van der Waals surface area (Å²) < 4.78 is 12.9. The molecule has 0 fully saturated rings. The van der Waals surface area contributed by atoms with Crippen LogP contribution in [-0.2, 0) is 12.8 Å². The second-order valence-electron chi connectivity index (χ2n) is 3.76. The molecule has 1 aliphatic rings. The fourth-order valence-corrected chi connectivity index (χ4v) is 2.12. The summed E-state index contributed by atoms with van der Waals surface area (Å²) >= 11 is 0. The molecule has 1 nitrogen and oxygen atoms in total. The molecule has 1 unspecified atom stereocenters. The predicted molar refractivity (Wildman–Crippen MR) is 51.0 cm³/mol. The third kappa shape index (κ3) is 1.73. The van der Waals surface area contributed by atoms with E-state index in [0.29, 0.717) is 5.92 Å². The zero-order chi connectivity index (χ0) is 9.26. The molecule has 13 heavy (non-hydrogen) atoms. The first-order valence-electron chi connectivity index (χ1n) is 4.77. The molecule has 1 atom stereocenters. The Kier molecular flexibility index (Phi) is 2.32. The molecule has 70 valence electrons. The van der Waals surface area contributed by atoms with E-state index < -0.39 is 0 Å². The molecule has 0 radical (unpaired) electrons. The van der Waals surface area contributed by atoms with E-state index in [1.807, 2.05) is 6.07 Å². The molecule has 0 aliphatic heterocycles. The number of benzene rings is 1. The molecule has 1 aromatic carbocycles. The number of nitrogens with two attached hydrogens (primary N) is 1. The average Bonchev–Trinajstić information content (AvgIpc) is 2.46. The van der Waals surface area contributed by atoms with E-state index in [1.165, 1.54) is 11.1 Å². The third-order valence-electron chi connectivity index (χ3n) is 2.76. The zero-order valence-corrected chi connectivity index (χ0v) is 7.59. The van der Waals surface area contributed by atoms with Gasteiger partial charge in [0.15, 0.2) is 0 Å². The lowest BCUT2D eigenvalue weighted by molar-refractivity contribution is 0.522. The normalized spacial score (nSPS) is 20.3. The van der Waals surface area contributed by atoms with Crippen LogP contribution in [0.2, 0.25) is 0 Å². The van der Waals surface area contributed by atoms with Gasteiger partial charge in [-0.3, -0.25) is 0 Å². The predicted octanol–water partition coefficient (Wildman–Crippen LogP) is 1.89. The molecule has 1 aromatic rings. The van der Waals surface area contributed by atoms with E-state index in [-0.39, 0.29) is 5.82 Å². The Labute approximate surface area is 77.8 Å². The minimum atomic E-state index is -0.118. The highest BCUT2D eigenvalue weighted by Gasteiger charge is 2.20. The van der Waals surface area contributed by atoms with Gasteiger partial charge in [0.1, 0.15) is 5.82 Å². The van der Waals surface area contributed by atoms with Crippen LogP contribution in [0.25, 0.3) is 0 Å². The number of halogens is 1. The monoisotopic (exact) mass is 179 g/mol.